The van der Waals surface area contributed by atoms with Crippen LogP contribution in [0.3, 0.4) is 0 Å². The summed E-state index contributed by atoms with van der Waals surface area (Å²) in [7, 11) is 0. The predicted octanol–water partition coefficient (Wildman–Crippen LogP) is 4.18. The van der Waals surface area contributed by atoms with Crippen LogP contribution in [0.4, 0.5) is 0 Å². The Bertz CT molecular complexity index is 782. The molecule has 1 aromatic carbocycles. The zero-order valence-electron chi connectivity index (χ0n) is 22.6. The minimum atomic E-state index is -0.693. The maximum atomic E-state index is 12.1. The zero-order valence-corrected chi connectivity index (χ0v) is 22.6. The SMILES string of the molecule is CC(C)N1CCN(C(C)(C)CCC(C)N2CCN(C(C)C)C(c3ccccc3)C2)C(C(=O)O)C1. The van der Waals surface area contributed by atoms with E-state index in [0.29, 0.717) is 30.7 Å². The average molecular weight is 473 g/mol. The van der Waals surface area contributed by atoms with E-state index in [2.05, 4.69) is 98.4 Å². The lowest BCUT2D eigenvalue weighted by atomic mass is 9.90. The number of aliphatic carboxylic acids is 1. The number of hydrogen-bond acceptors (Lipinski definition) is 5. The minimum Gasteiger partial charge on any atom is -0.480 e. The molecule has 3 atom stereocenters. The minimum absolute atomic E-state index is 0.140. The maximum Gasteiger partial charge on any atom is 0.322 e. The van der Waals surface area contributed by atoms with E-state index in [1.165, 1.54) is 5.56 Å². The predicted molar refractivity (Wildman–Crippen MR) is 140 cm³/mol. The van der Waals surface area contributed by atoms with E-state index in [0.717, 1.165) is 45.6 Å². The van der Waals surface area contributed by atoms with Crippen molar-refractivity contribution in [2.75, 3.05) is 39.3 Å². The number of nitrogens with zero attached hydrogens (tertiary/aromatic N) is 4. The molecule has 0 amide bonds. The summed E-state index contributed by atoms with van der Waals surface area (Å²) in [6.45, 7) is 21.4. The van der Waals surface area contributed by atoms with Gasteiger partial charge in [-0.3, -0.25) is 24.4 Å². The maximum absolute atomic E-state index is 12.1. The second-order valence-electron chi connectivity index (χ2n) is 11.6. The number of carboxylic acids is 1. The molecule has 6 heteroatoms. The van der Waals surface area contributed by atoms with Crippen LogP contribution in [0.5, 0.6) is 0 Å². The highest BCUT2D eigenvalue weighted by atomic mass is 16.4. The molecule has 2 aliphatic heterocycles. The fourth-order valence-corrected chi connectivity index (χ4v) is 5.91. The molecule has 34 heavy (non-hydrogen) atoms. The molecular formula is C28H48N4O2. The Morgan fingerprint density at radius 2 is 1.59 bits per heavy atom. The lowest BCUT2D eigenvalue weighted by Gasteiger charge is -2.49. The topological polar surface area (TPSA) is 50.3 Å². The molecule has 2 saturated heterocycles. The van der Waals surface area contributed by atoms with Crippen LogP contribution in [0.15, 0.2) is 30.3 Å². The molecule has 0 aliphatic carbocycles. The van der Waals surface area contributed by atoms with E-state index >= 15 is 0 Å². The molecule has 6 nitrogen and oxygen atoms in total. The van der Waals surface area contributed by atoms with Crippen molar-refractivity contribution in [3.05, 3.63) is 35.9 Å². The summed E-state index contributed by atoms with van der Waals surface area (Å²) in [5.41, 5.74) is 1.26. The van der Waals surface area contributed by atoms with E-state index in [9.17, 15) is 9.90 Å². The number of piperazine rings is 2. The molecule has 2 fully saturated rings. The Kier molecular flexibility index (Phi) is 9.18. The summed E-state index contributed by atoms with van der Waals surface area (Å²) in [5, 5.41) is 9.98. The number of carboxylic acid groups (broad SMARTS) is 1. The van der Waals surface area contributed by atoms with E-state index < -0.39 is 12.0 Å². The molecule has 0 saturated carbocycles. The fraction of sp³-hybridized carbons (Fsp3) is 0.750. The Hall–Kier alpha value is -1.47. The zero-order chi connectivity index (χ0) is 25.0. The first kappa shape index (κ1) is 27.1. The standard InChI is InChI=1S/C28H48N4O2/c1-21(2)29-16-18-32(26(20-29)27(33)34)28(6,7)14-13-23(5)30-15-17-31(22(3)4)25(19-30)24-11-9-8-10-12-24/h8-12,21-23,25-26H,13-20H2,1-7H3,(H,33,34). The third-order valence-corrected chi connectivity index (χ3v) is 8.30. The van der Waals surface area contributed by atoms with Gasteiger partial charge in [-0.15, -0.1) is 0 Å². The third kappa shape index (κ3) is 6.39. The van der Waals surface area contributed by atoms with Gasteiger partial charge in [-0.05, 0) is 66.9 Å². The molecule has 0 spiro atoms. The highest BCUT2D eigenvalue weighted by Crippen LogP contribution is 2.31. The van der Waals surface area contributed by atoms with Crippen LogP contribution in [0.1, 0.15) is 72.9 Å². The Balaban J connectivity index is 1.63. The first-order valence-corrected chi connectivity index (χ1v) is 13.3. The number of hydrogen-bond donors (Lipinski definition) is 1. The molecule has 192 valence electrons. The smallest absolute Gasteiger partial charge is 0.322 e. The van der Waals surface area contributed by atoms with E-state index in [1.54, 1.807) is 0 Å². The molecular weight excluding hydrogens is 424 g/mol. The summed E-state index contributed by atoms with van der Waals surface area (Å²) < 4.78 is 0. The summed E-state index contributed by atoms with van der Waals surface area (Å²) >= 11 is 0. The fourth-order valence-electron chi connectivity index (χ4n) is 5.91. The molecule has 0 aromatic heterocycles. The second kappa shape index (κ2) is 11.5. The van der Waals surface area contributed by atoms with Crippen molar-refractivity contribution in [2.24, 2.45) is 0 Å². The highest BCUT2D eigenvalue weighted by Gasteiger charge is 2.41. The van der Waals surface area contributed by atoms with Gasteiger partial charge >= 0.3 is 5.97 Å². The van der Waals surface area contributed by atoms with Crippen molar-refractivity contribution in [2.45, 2.75) is 97.1 Å². The third-order valence-electron chi connectivity index (χ3n) is 8.30. The molecule has 2 aliphatic rings. The van der Waals surface area contributed by atoms with Gasteiger partial charge in [0.2, 0.25) is 0 Å². The number of carbonyl (C=O) groups is 1. The van der Waals surface area contributed by atoms with Gasteiger partial charge in [0.15, 0.2) is 0 Å². The van der Waals surface area contributed by atoms with Crippen molar-refractivity contribution in [1.29, 1.82) is 0 Å². The van der Waals surface area contributed by atoms with Gasteiger partial charge in [0, 0.05) is 69.0 Å². The van der Waals surface area contributed by atoms with Crippen molar-refractivity contribution in [3.63, 3.8) is 0 Å². The van der Waals surface area contributed by atoms with Gasteiger partial charge in [0.1, 0.15) is 6.04 Å². The van der Waals surface area contributed by atoms with Gasteiger partial charge in [0.25, 0.3) is 0 Å². The van der Waals surface area contributed by atoms with Crippen molar-refractivity contribution < 1.29 is 9.90 Å². The monoisotopic (exact) mass is 472 g/mol. The molecule has 0 bridgehead atoms. The Labute approximate surface area is 207 Å². The van der Waals surface area contributed by atoms with Crippen LogP contribution in [-0.2, 0) is 4.79 Å². The van der Waals surface area contributed by atoms with Crippen molar-refractivity contribution >= 4 is 5.97 Å². The summed E-state index contributed by atoms with van der Waals surface area (Å²) in [5.74, 6) is -0.693. The first-order chi connectivity index (χ1) is 16.0. The van der Waals surface area contributed by atoms with Crippen LogP contribution in [-0.4, -0.2) is 99.7 Å². The second-order valence-corrected chi connectivity index (χ2v) is 11.6. The van der Waals surface area contributed by atoms with Gasteiger partial charge in [-0.2, -0.15) is 0 Å². The Morgan fingerprint density at radius 3 is 2.18 bits per heavy atom. The molecule has 1 N–H and O–H groups in total. The average Bonchev–Trinajstić information content (AvgIpc) is 2.82. The van der Waals surface area contributed by atoms with E-state index in [1.807, 2.05) is 0 Å². The number of benzene rings is 1. The molecule has 3 rings (SSSR count). The van der Waals surface area contributed by atoms with Crippen LogP contribution in [0.25, 0.3) is 0 Å². The lowest BCUT2D eigenvalue weighted by Crippen LogP contribution is -2.63. The van der Waals surface area contributed by atoms with Gasteiger partial charge in [-0.1, -0.05) is 30.3 Å². The highest BCUT2D eigenvalue weighted by molar-refractivity contribution is 5.74. The van der Waals surface area contributed by atoms with Crippen LogP contribution < -0.4 is 0 Å². The first-order valence-electron chi connectivity index (χ1n) is 13.3. The molecule has 2 heterocycles. The van der Waals surface area contributed by atoms with Crippen LogP contribution >= 0.6 is 0 Å². The van der Waals surface area contributed by atoms with Crippen molar-refractivity contribution in [1.82, 2.24) is 19.6 Å². The summed E-state index contributed by atoms with van der Waals surface area (Å²) in [4.78, 5) is 22.0. The normalized spacial score (nSPS) is 25.2. The van der Waals surface area contributed by atoms with E-state index in [-0.39, 0.29) is 5.54 Å². The van der Waals surface area contributed by atoms with Gasteiger partial charge in [0.05, 0.1) is 0 Å². The number of rotatable bonds is 9. The molecule has 1 aromatic rings. The molecule has 3 unspecified atom stereocenters. The van der Waals surface area contributed by atoms with Gasteiger partial charge in [-0.25, -0.2) is 0 Å². The van der Waals surface area contributed by atoms with Gasteiger partial charge < -0.3 is 5.11 Å². The van der Waals surface area contributed by atoms with Crippen LogP contribution in [0, 0.1) is 0 Å². The van der Waals surface area contributed by atoms with Crippen molar-refractivity contribution in [3.8, 4) is 0 Å². The van der Waals surface area contributed by atoms with E-state index in [4.69, 9.17) is 0 Å². The Morgan fingerprint density at radius 1 is 0.941 bits per heavy atom. The quantitative estimate of drug-likeness (QED) is 0.582. The largest absolute Gasteiger partial charge is 0.480 e. The summed E-state index contributed by atoms with van der Waals surface area (Å²) in [6, 6.07) is 12.3. The van der Waals surface area contributed by atoms with Crippen LogP contribution in [0.2, 0.25) is 0 Å². The molecule has 0 radical (unpaired) electrons. The lowest BCUT2D eigenvalue weighted by molar-refractivity contribution is -0.150. The summed E-state index contributed by atoms with van der Waals surface area (Å²) in [6.07, 6.45) is 2.08.